The highest BCUT2D eigenvalue weighted by molar-refractivity contribution is 7.14. The molecule has 2 N–H and O–H groups in total. The molecule has 2 heterocycles. The van der Waals surface area contributed by atoms with Crippen molar-refractivity contribution in [1.82, 2.24) is 10.3 Å². The number of nitrogens with zero attached hydrogens (tertiary/aromatic N) is 1. The molecule has 1 fully saturated rings. The van der Waals surface area contributed by atoms with Crippen LogP contribution in [0.25, 0.3) is 0 Å². The number of rotatable bonds is 5. The minimum Gasteiger partial charge on any atom is -0.393 e. The zero-order valence-electron chi connectivity index (χ0n) is 15.0. The number of nitrogens with one attached hydrogen (secondary N) is 1. The Bertz CT molecular complexity index is 729. The van der Waals surface area contributed by atoms with Crippen LogP contribution in [0.15, 0.2) is 30.6 Å². The van der Waals surface area contributed by atoms with E-state index in [1.165, 1.54) is 35.3 Å². The molecule has 1 unspecified atom stereocenters. The summed E-state index contributed by atoms with van der Waals surface area (Å²) in [6, 6.07) is 6.18. The first-order chi connectivity index (χ1) is 12.7. The van der Waals surface area contributed by atoms with Crippen molar-refractivity contribution in [3.63, 3.8) is 0 Å². The minimum atomic E-state index is -0.213. The number of hydrogen-bond acceptors (Lipinski definition) is 4. The fourth-order valence-electron chi connectivity index (χ4n) is 4.09. The van der Waals surface area contributed by atoms with Crippen molar-refractivity contribution < 1.29 is 9.90 Å². The molecule has 2 aromatic heterocycles. The van der Waals surface area contributed by atoms with Crippen LogP contribution < -0.4 is 5.32 Å². The zero-order valence-corrected chi connectivity index (χ0v) is 15.8. The maximum Gasteiger partial charge on any atom is 0.261 e. The third-order valence-corrected chi connectivity index (χ3v) is 6.95. The Morgan fingerprint density at radius 1 is 1.23 bits per heavy atom. The summed E-state index contributed by atoms with van der Waals surface area (Å²) < 4.78 is 0. The lowest BCUT2D eigenvalue weighted by Gasteiger charge is -2.38. The maximum absolute atomic E-state index is 12.9. The molecule has 0 spiro atoms. The number of carbonyl (C=O) groups excluding carboxylic acids is 1. The van der Waals surface area contributed by atoms with Gasteiger partial charge in [-0.15, -0.1) is 11.3 Å². The number of aliphatic hydroxyl groups excluding tert-OH is 1. The van der Waals surface area contributed by atoms with E-state index in [0.29, 0.717) is 5.92 Å². The van der Waals surface area contributed by atoms with Crippen LogP contribution in [0.2, 0.25) is 0 Å². The van der Waals surface area contributed by atoms with Crippen molar-refractivity contribution in [3.8, 4) is 0 Å². The number of thiophene rings is 1. The van der Waals surface area contributed by atoms with Gasteiger partial charge in [0, 0.05) is 23.3 Å². The lowest BCUT2D eigenvalue weighted by Crippen LogP contribution is -2.48. The molecule has 1 amide bonds. The molecule has 0 saturated heterocycles. The Morgan fingerprint density at radius 2 is 2.00 bits per heavy atom. The van der Waals surface area contributed by atoms with Gasteiger partial charge in [-0.1, -0.05) is 6.42 Å². The van der Waals surface area contributed by atoms with Crippen LogP contribution in [0, 0.1) is 5.92 Å². The fraction of sp³-hybridized carbons (Fsp3) is 0.524. The second kappa shape index (κ2) is 7.89. The number of aryl methyl sites for hydroxylation is 2. The lowest BCUT2D eigenvalue weighted by atomic mass is 9.75. The van der Waals surface area contributed by atoms with E-state index >= 15 is 0 Å². The molecule has 2 aromatic rings. The number of aliphatic hydroxyl groups is 1. The Morgan fingerprint density at radius 3 is 2.77 bits per heavy atom. The average molecular weight is 371 g/mol. The molecule has 4 rings (SSSR count). The number of hydrogen-bond donors (Lipinski definition) is 2. The van der Waals surface area contributed by atoms with Gasteiger partial charge in [0.25, 0.3) is 5.91 Å². The summed E-state index contributed by atoms with van der Waals surface area (Å²) in [4.78, 5) is 19.2. The first-order valence-electron chi connectivity index (χ1n) is 9.68. The third-order valence-electron chi connectivity index (χ3n) is 5.71. The normalized spacial score (nSPS) is 23.4. The van der Waals surface area contributed by atoms with Crippen molar-refractivity contribution >= 4 is 17.2 Å². The predicted molar refractivity (Wildman–Crippen MR) is 104 cm³/mol. The van der Waals surface area contributed by atoms with Gasteiger partial charge in [0.1, 0.15) is 0 Å². The van der Waals surface area contributed by atoms with E-state index in [2.05, 4.69) is 16.4 Å². The van der Waals surface area contributed by atoms with Gasteiger partial charge in [-0.2, -0.15) is 0 Å². The number of carbonyl (C=O) groups is 1. The van der Waals surface area contributed by atoms with E-state index in [9.17, 15) is 9.90 Å². The minimum absolute atomic E-state index is 0.0449. The second-order valence-corrected chi connectivity index (χ2v) is 8.78. The summed E-state index contributed by atoms with van der Waals surface area (Å²) in [6.45, 7) is 0. The summed E-state index contributed by atoms with van der Waals surface area (Å²) >= 11 is 1.67. The topological polar surface area (TPSA) is 62.2 Å². The molecule has 1 atom stereocenters. The summed E-state index contributed by atoms with van der Waals surface area (Å²) in [6.07, 6.45) is 11.7. The van der Waals surface area contributed by atoms with Gasteiger partial charge < -0.3 is 10.4 Å². The van der Waals surface area contributed by atoms with Gasteiger partial charge in [-0.3, -0.25) is 9.78 Å². The summed E-state index contributed by atoms with van der Waals surface area (Å²) in [5, 5.41) is 13.0. The summed E-state index contributed by atoms with van der Waals surface area (Å²) in [7, 11) is 0. The van der Waals surface area contributed by atoms with Crippen molar-refractivity contribution in [3.05, 3.63) is 51.5 Å². The molecule has 0 aliphatic heterocycles. The van der Waals surface area contributed by atoms with E-state index in [0.717, 1.165) is 37.0 Å². The predicted octanol–water partition coefficient (Wildman–Crippen LogP) is 3.52. The first kappa shape index (κ1) is 17.7. The number of fused-ring (bicyclic) bond motifs is 1. The van der Waals surface area contributed by atoms with Crippen LogP contribution in [-0.2, 0) is 19.3 Å². The van der Waals surface area contributed by atoms with Gasteiger partial charge in [-0.05, 0) is 80.2 Å². The molecule has 0 radical (unpaired) electrons. The highest BCUT2D eigenvalue weighted by Gasteiger charge is 2.35. The van der Waals surface area contributed by atoms with Gasteiger partial charge in [0.2, 0.25) is 0 Å². The number of pyridine rings is 1. The van der Waals surface area contributed by atoms with E-state index in [-0.39, 0.29) is 18.1 Å². The second-order valence-electron chi connectivity index (χ2n) is 7.64. The van der Waals surface area contributed by atoms with Crippen LogP contribution in [0.3, 0.4) is 0 Å². The highest BCUT2D eigenvalue weighted by Crippen LogP contribution is 2.33. The monoisotopic (exact) mass is 370 g/mol. The molecule has 26 heavy (non-hydrogen) atoms. The van der Waals surface area contributed by atoms with E-state index in [1.54, 1.807) is 23.7 Å². The van der Waals surface area contributed by atoms with Crippen LogP contribution in [0.1, 0.15) is 57.8 Å². The van der Waals surface area contributed by atoms with Gasteiger partial charge >= 0.3 is 0 Å². The fourth-order valence-corrected chi connectivity index (χ4v) is 5.24. The first-order valence-corrected chi connectivity index (χ1v) is 10.5. The quantitative estimate of drug-likeness (QED) is 0.792. The molecule has 2 aliphatic carbocycles. The molecule has 2 aliphatic rings. The van der Waals surface area contributed by atoms with Crippen LogP contribution in [0.4, 0.5) is 0 Å². The number of amides is 1. The molecule has 5 heteroatoms. The molecular formula is C21H26N2O2S. The van der Waals surface area contributed by atoms with E-state index in [4.69, 9.17) is 0 Å². The smallest absolute Gasteiger partial charge is 0.261 e. The number of aromatic nitrogens is 1. The maximum atomic E-state index is 12.9. The molecule has 0 aromatic carbocycles. The third kappa shape index (κ3) is 3.99. The summed E-state index contributed by atoms with van der Waals surface area (Å²) in [5.41, 5.74) is 2.55. The van der Waals surface area contributed by atoms with Gasteiger partial charge in [0.15, 0.2) is 0 Å². The van der Waals surface area contributed by atoms with Crippen molar-refractivity contribution in [2.45, 2.75) is 63.5 Å². The van der Waals surface area contributed by atoms with Crippen molar-refractivity contribution in [2.24, 2.45) is 5.92 Å². The Kier molecular flexibility index (Phi) is 5.36. The Labute approximate surface area is 158 Å². The molecule has 138 valence electrons. The molecule has 1 saturated carbocycles. The average Bonchev–Trinajstić information content (AvgIpc) is 2.90. The van der Waals surface area contributed by atoms with E-state index < -0.39 is 0 Å². The van der Waals surface area contributed by atoms with Crippen LogP contribution in [0.5, 0.6) is 0 Å². The standard InChI is InChI=1S/C21H26N2O2S/c24-17-11-16(12-17)18(10-14-6-8-22-9-7-14)23-21(25)20-13-15-4-2-1-3-5-19(15)26-20/h6-9,13,16-18,24H,1-5,10-12H2,(H,23,25). The molecular weight excluding hydrogens is 344 g/mol. The SMILES string of the molecule is O=C(NC(Cc1ccncc1)C1CC(O)C1)c1cc2c(s1)CCCCC2. The van der Waals surface area contributed by atoms with Crippen LogP contribution in [-0.4, -0.2) is 28.1 Å². The van der Waals surface area contributed by atoms with Crippen LogP contribution >= 0.6 is 11.3 Å². The van der Waals surface area contributed by atoms with Gasteiger partial charge in [-0.25, -0.2) is 0 Å². The molecule has 0 bridgehead atoms. The van der Waals surface area contributed by atoms with Crippen molar-refractivity contribution in [2.75, 3.05) is 0 Å². The largest absolute Gasteiger partial charge is 0.393 e. The van der Waals surface area contributed by atoms with Gasteiger partial charge in [0.05, 0.1) is 11.0 Å². The highest BCUT2D eigenvalue weighted by atomic mass is 32.1. The Hall–Kier alpha value is -1.72. The zero-order chi connectivity index (χ0) is 17.9. The van der Waals surface area contributed by atoms with Crippen molar-refractivity contribution in [1.29, 1.82) is 0 Å². The molecule has 4 nitrogen and oxygen atoms in total. The van der Waals surface area contributed by atoms with E-state index in [1.807, 2.05) is 12.1 Å². The Balaban J connectivity index is 1.47. The lowest BCUT2D eigenvalue weighted by molar-refractivity contribution is 0.0240. The summed E-state index contributed by atoms with van der Waals surface area (Å²) in [5.74, 6) is 0.392.